The van der Waals surface area contributed by atoms with Gasteiger partial charge in [0.1, 0.15) is 24.4 Å². The molecule has 0 aliphatic carbocycles. The van der Waals surface area contributed by atoms with Gasteiger partial charge < -0.3 is 29.9 Å². The van der Waals surface area contributed by atoms with Gasteiger partial charge in [-0.05, 0) is 41.7 Å². The van der Waals surface area contributed by atoms with E-state index in [1.54, 1.807) is 47.3 Å². The zero-order valence-electron chi connectivity index (χ0n) is 38.0. The maximum Gasteiger partial charge on any atom is 0.333 e. The maximum atomic E-state index is 14.1. The second-order valence-corrected chi connectivity index (χ2v) is 20.2. The molecule has 3 amide bonds. The van der Waals surface area contributed by atoms with E-state index >= 15 is 0 Å². The lowest BCUT2D eigenvalue weighted by atomic mass is 9.85. The summed E-state index contributed by atoms with van der Waals surface area (Å²) in [6.07, 6.45) is 1.55. The molecule has 1 aliphatic rings. The molecule has 1 aliphatic heterocycles. The van der Waals surface area contributed by atoms with Crippen LogP contribution in [0.15, 0.2) is 75.0 Å². The summed E-state index contributed by atoms with van der Waals surface area (Å²) in [6, 6.07) is 12.8. The minimum atomic E-state index is -3.80. The summed E-state index contributed by atoms with van der Waals surface area (Å²) in [5.74, 6) is 5.00. The van der Waals surface area contributed by atoms with Gasteiger partial charge in [-0.15, -0.1) is 16.4 Å². The van der Waals surface area contributed by atoms with Gasteiger partial charge in [-0.3, -0.25) is 28.3 Å². The van der Waals surface area contributed by atoms with E-state index in [0.717, 1.165) is 41.7 Å². The highest BCUT2D eigenvalue weighted by atomic mass is 32.2. The van der Waals surface area contributed by atoms with E-state index in [0.29, 0.717) is 17.0 Å². The first-order chi connectivity index (χ1) is 31.7. The van der Waals surface area contributed by atoms with Gasteiger partial charge in [-0.2, -0.15) is 4.98 Å². The van der Waals surface area contributed by atoms with Crippen LogP contribution in [-0.2, 0) is 64.4 Å². The number of fused-ring (bicyclic) bond motifs is 1. The summed E-state index contributed by atoms with van der Waals surface area (Å²) in [5.41, 5.74) is 3.30. The number of hydrogen-bond acceptors (Lipinski definition) is 14. The van der Waals surface area contributed by atoms with E-state index in [4.69, 9.17) is 4.74 Å². The Morgan fingerprint density at radius 2 is 1.82 bits per heavy atom. The average molecular weight is 954 g/mol. The molecular formula is C45H51N11O9S2. The first-order valence-corrected chi connectivity index (χ1v) is 24.0. The number of amides is 3. The van der Waals surface area contributed by atoms with Gasteiger partial charge in [0.25, 0.3) is 5.56 Å². The number of carbonyl (C=O) groups excluding carboxylic acids is 3. The highest BCUT2D eigenvalue weighted by Crippen LogP contribution is 2.28. The molecule has 1 fully saturated rings. The molecule has 20 nitrogen and oxygen atoms in total. The highest BCUT2D eigenvalue weighted by molar-refractivity contribution is 7.90. The van der Waals surface area contributed by atoms with Crippen molar-refractivity contribution in [3.63, 3.8) is 0 Å². The van der Waals surface area contributed by atoms with E-state index in [2.05, 4.69) is 42.8 Å². The molecule has 352 valence electrons. The predicted molar refractivity (Wildman–Crippen MR) is 248 cm³/mol. The van der Waals surface area contributed by atoms with E-state index < -0.39 is 62.4 Å². The SMILES string of the molecule is Cc1ncsc1-c1ccc(CNC(=O)[C@@H]2C[C@@H](O)CN2C(=O)[C@@H](NC(=O)Cc2cn(CCOc3cccc(C#CCn4c(=O)n(C)c(=O)c5c4nc(S(C)(=O)=O)n5C)c3)nn2)C(C)(C)C)cc1. The Kier molecular flexibility index (Phi) is 14.0. The lowest BCUT2D eigenvalue weighted by Crippen LogP contribution is -2.58. The predicted octanol–water partition coefficient (Wildman–Crippen LogP) is 1.34. The molecular weight excluding hydrogens is 903 g/mol. The van der Waals surface area contributed by atoms with E-state index in [9.17, 15) is 37.5 Å². The van der Waals surface area contributed by atoms with Crippen LogP contribution < -0.4 is 26.6 Å². The zero-order chi connectivity index (χ0) is 48.4. The van der Waals surface area contributed by atoms with Crippen LogP contribution in [-0.4, -0.2) is 112 Å². The number of thiazole rings is 1. The highest BCUT2D eigenvalue weighted by Gasteiger charge is 2.44. The first kappa shape index (κ1) is 48.0. The van der Waals surface area contributed by atoms with Crippen LogP contribution in [0.25, 0.3) is 21.6 Å². The van der Waals surface area contributed by atoms with E-state index in [1.807, 2.05) is 52.0 Å². The number of sulfone groups is 1. The number of β-amino-alcohol motifs (C(OH)–C–C–N with tert-alkyl or cyclic N) is 1. The molecule has 0 unspecified atom stereocenters. The monoisotopic (exact) mass is 953 g/mol. The minimum absolute atomic E-state index is 0.0434. The van der Waals surface area contributed by atoms with Gasteiger partial charge in [0, 0.05) is 51.6 Å². The molecule has 22 heteroatoms. The molecule has 67 heavy (non-hydrogen) atoms. The molecule has 4 aromatic heterocycles. The zero-order valence-corrected chi connectivity index (χ0v) is 39.6. The van der Waals surface area contributed by atoms with Crippen molar-refractivity contribution in [3.8, 4) is 28.0 Å². The number of likely N-dealkylation sites (tertiary alicyclic amines) is 1. The number of aliphatic hydroxyl groups excluding tert-OH is 1. The third-order valence-corrected chi connectivity index (χ3v) is 13.2. The van der Waals surface area contributed by atoms with Crippen molar-refractivity contribution in [1.82, 2.24) is 54.2 Å². The number of hydrogen-bond donors (Lipinski definition) is 3. The maximum absolute atomic E-state index is 14.1. The fraction of sp³-hybridized carbons (Fsp3) is 0.400. The van der Waals surface area contributed by atoms with E-state index in [1.165, 1.54) is 23.7 Å². The van der Waals surface area contributed by atoms with E-state index in [-0.39, 0.29) is 61.9 Å². The Hall–Kier alpha value is -6.96. The van der Waals surface area contributed by atoms with Crippen molar-refractivity contribution in [2.75, 3.05) is 19.4 Å². The van der Waals surface area contributed by atoms with Gasteiger partial charge in [-0.1, -0.05) is 68.2 Å². The van der Waals surface area contributed by atoms with Crippen molar-refractivity contribution in [2.24, 2.45) is 19.5 Å². The first-order valence-electron chi connectivity index (χ1n) is 21.2. The standard InChI is InChI=1S/C45H51N11O9S2/c1-27-37(66-26-47-27)30-15-13-29(14-16-30)23-46-40(59)34-22-32(57)25-56(34)42(61)38(45(2,3)4)48-35(58)21-31-24-54(51-50-31)18-19-65-33-12-8-10-28(20-33)11-9-17-55-39-36(41(60)53(6)44(55)62)52(5)43(49-39)67(7,63)64/h8,10,12-16,20,24,26,32,34,38,57H,17-19,21-23,25H2,1-7H3,(H,46,59)(H,48,58)/t32-,34+,38-/m1/s1. The topological polar surface area (TPSA) is 248 Å². The van der Waals surface area contributed by atoms with Gasteiger partial charge in [0.15, 0.2) is 11.2 Å². The van der Waals surface area contributed by atoms with Crippen molar-refractivity contribution in [1.29, 1.82) is 0 Å². The van der Waals surface area contributed by atoms with Crippen LogP contribution in [0.5, 0.6) is 5.75 Å². The van der Waals surface area contributed by atoms with Crippen LogP contribution >= 0.6 is 11.3 Å². The summed E-state index contributed by atoms with van der Waals surface area (Å²) in [6.45, 7) is 7.83. The second-order valence-electron chi connectivity index (χ2n) is 17.4. The summed E-state index contributed by atoms with van der Waals surface area (Å²) in [5, 5.41) is 24.3. The average Bonchev–Trinajstić information content (AvgIpc) is 4.08. The lowest BCUT2D eigenvalue weighted by Gasteiger charge is -2.35. The smallest absolute Gasteiger partial charge is 0.333 e. The van der Waals surface area contributed by atoms with Gasteiger partial charge >= 0.3 is 5.69 Å². The molecule has 0 spiro atoms. The lowest BCUT2D eigenvalue weighted by molar-refractivity contribution is -0.144. The van der Waals surface area contributed by atoms with Crippen LogP contribution in [0.3, 0.4) is 0 Å². The molecule has 3 atom stereocenters. The fourth-order valence-electron chi connectivity index (χ4n) is 7.71. The summed E-state index contributed by atoms with van der Waals surface area (Å²) >= 11 is 1.56. The third-order valence-electron chi connectivity index (χ3n) is 11.2. The van der Waals surface area contributed by atoms with Crippen LogP contribution in [0, 0.1) is 24.2 Å². The molecule has 0 radical (unpaired) electrons. The van der Waals surface area contributed by atoms with Crippen molar-refractivity contribution in [2.45, 2.75) is 83.5 Å². The largest absolute Gasteiger partial charge is 0.492 e. The van der Waals surface area contributed by atoms with Gasteiger partial charge in [0.05, 0.1) is 47.4 Å². The normalized spacial score (nSPS) is 15.6. The van der Waals surface area contributed by atoms with Crippen LogP contribution in [0.1, 0.15) is 49.7 Å². The number of aliphatic hydroxyl groups is 1. The third kappa shape index (κ3) is 10.9. The Labute approximate surface area is 389 Å². The number of rotatable bonds is 14. The van der Waals surface area contributed by atoms with Crippen molar-refractivity contribution < 1.29 is 32.6 Å². The summed E-state index contributed by atoms with van der Waals surface area (Å²) in [7, 11) is -1.11. The molecule has 6 aromatic rings. The van der Waals surface area contributed by atoms with Crippen molar-refractivity contribution >= 4 is 50.1 Å². The Morgan fingerprint density at radius 3 is 2.51 bits per heavy atom. The Bertz CT molecular complexity index is 3150. The molecule has 7 rings (SSSR count). The quantitative estimate of drug-likeness (QED) is 0.131. The number of nitrogens with one attached hydrogen (secondary N) is 2. The number of nitrogens with zero attached hydrogens (tertiary/aromatic N) is 9. The number of ether oxygens (including phenoxy) is 1. The number of benzene rings is 2. The van der Waals surface area contributed by atoms with Crippen LogP contribution in [0.4, 0.5) is 0 Å². The Balaban J connectivity index is 0.918. The molecule has 0 saturated carbocycles. The molecule has 2 aromatic carbocycles. The molecule has 1 saturated heterocycles. The second kappa shape index (κ2) is 19.5. The number of imidazole rings is 1. The van der Waals surface area contributed by atoms with Gasteiger partial charge in [0.2, 0.25) is 32.7 Å². The number of carbonyl (C=O) groups is 3. The fourth-order valence-corrected chi connectivity index (χ4v) is 9.36. The molecule has 3 N–H and O–H groups in total. The molecule has 0 bridgehead atoms. The summed E-state index contributed by atoms with van der Waals surface area (Å²) in [4.78, 5) is 77.7. The minimum Gasteiger partial charge on any atom is -0.492 e. The number of aryl methyl sites for hydroxylation is 2. The molecule has 5 heterocycles. The van der Waals surface area contributed by atoms with Crippen LogP contribution in [0.2, 0.25) is 0 Å². The van der Waals surface area contributed by atoms with Crippen molar-refractivity contribution in [3.05, 3.63) is 104 Å². The summed E-state index contributed by atoms with van der Waals surface area (Å²) < 4.78 is 35.2. The van der Waals surface area contributed by atoms with Gasteiger partial charge in [-0.25, -0.2) is 22.9 Å². The number of aromatic nitrogens is 8. The Morgan fingerprint density at radius 1 is 1.07 bits per heavy atom.